The third-order valence-corrected chi connectivity index (χ3v) is 4.36. The summed E-state index contributed by atoms with van der Waals surface area (Å²) in [7, 11) is 0. The van der Waals surface area contributed by atoms with Crippen molar-refractivity contribution in [3.05, 3.63) is 60.2 Å². The summed E-state index contributed by atoms with van der Waals surface area (Å²) in [5, 5.41) is 10.2. The van der Waals surface area contributed by atoms with E-state index in [0.29, 0.717) is 17.5 Å². The van der Waals surface area contributed by atoms with E-state index in [-0.39, 0.29) is 18.0 Å². The molecule has 1 aromatic carbocycles. The number of pyridine rings is 1. The molecule has 0 amide bonds. The molecule has 144 valence electrons. The Morgan fingerprint density at radius 2 is 1.86 bits per heavy atom. The Bertz CT molecular complexity index is 1090. The summed E-state index contributed by atoms with van der Waals surface area (Å²) >= 11 is 0. The van der Waals surface area contributed by atoms with Crippen LogP contribution >= 0.6 is 0 Å². The lowest BCUT2D eigenvalue weighted by Crippen LogP contribution is -2.07. The number of benzene rings is 1. The van der Waals surface area contributed by atoms with Crippen LogP contribution in [0.1, 0.15) is 32.4 Å². The van der Waals surface area contributed by atoms with Crippen molar-refractivity contribution in [1.29, 1.82) is 0 Å². The second-order valence-electron chi connectivity index (χ2n) is 6.83. The van der Waals surface area contributed by atoms with Gasteiger partial charge in [0.25, 0.3) is 0 Å². The molecule has 4 aromatic rings. The number of anilines is 2. The topological polar surface area (TPSA) is 80.7 Å². The van der Waals surface area contributed by atoms with Crippen molar-refractivity contribution in [3.63, 3.8) is 0 Å². The number of halogens is 1. The van der Waals surface area contributed by atoms with E-state index in [9.17, 15) is 4.39 Å². The number of aromatic nitrogens is 5. The van der Waals surface area contributed by atoms with E-state index >= 15 is 0 Å². The molecular formula is C20H21FN6O. The fourth-order valence-electron chi connectivity index (χ4n) is 2.98. The van der Waals surface area contributed by atoms with Crippen LogP contribution < -0.4 is 10.1 Å². The van der Waals surface area contributed by atoms with Gasteiger partial charge in [-0.15, -0.1) is 0 Å². The van der Waals surface area contributed by atoms with Gasteiger partial charge < -0.3 is 14.6 Å². The van der Waals surface area contributed by atoms with E-state index < -0.39 is 0 Å². The van der Waals surface area contributed by atoms with Crippen LogP contribution in [0.4, 0.5) is 16.0 Å². The van der Waals surface area contributed by atoms with Crippen LogP contribution in [0.25, 0.3) is 11.2 Å². The van der Waals surface area contributed by atoms with Gasteiger partial charge >= 0.3 is 0 Å². The van der Waals surface area contributed by atoms with Crippen molar-refractivity contribution in [2.24, 2.45) is 0 Å². The van der Waals surface area contributed by atoms with Gasteiger partial charge in [-0.1, -0.05) is 12.1 Å². The molecule has 0 radical (unpaired) electrons. The van der Waals surface area contributed by atoms with Crippen molar-refractivity contribution in [1.82, 2.24) is 24.7 Å². The molecule has 7 nitrogen and oxygen atoms in total. The van der Waals surface area contributed by atoms with Crippen LogP contribution in [0.5, 0.6) is 5.88 Å². The number of rotatable bonds is 6. The van der Waals surface area contributed by atoms with Gasteiger partial charge in [0, 0.05) is 6.07 Å². The number of aromatic amines is 1. The minimum atomic E-state index is -0.254. The lowest BCUT2D eigenvalue weighted by Gasteiger charge is -2.14. The Labute approximate surface area is 161 Å². The number of hydrogen-bond acceptors (Lipinski definition) is 5. The molecule has 0 saturated heterocycles. The van der Waals surface area contributed by atoms with E-state index in [1.807, 2.05) is 37.5 Å². The molecule has 1 atom stereocenters. The van der Waals surface area contributed by atoms with Crippen LogP contribution in [-0.4, -0.2) is 30.8 Å². The minimum absolute atomic E-state index is 0.0372. The highest BCUT2D eigenvalue weighted by molar-refractivity contribution is 5.74. The summed E-state index contributed by atoms with van der Waals surface area (Å²) in [6.45, 7) is 5.93. The van der Waals surface area contributed by atoms with Crippen molar-refractivity contribution in [2.45, 2.75) is 32.9 Å². The molecule has 3 heterocycles. The number of imidazole rings is 1. The highest BCUT2D eigenvalue weighted by Crippen LogP contribution is 2.25. The summed E-state index contributed by atoms with van der Waals surface area (Å²) in [6.07, 6.45) is 1.81. The van der Waals surface area contributed by atoms with Gasteiger partial charge in [0.2, 0.25) is 5.88 Å². The predicted octanol–water partition coefficient (Wildman–Crippen LogP) is 4.43. The molecule has 0 saturated carbocycles. The van der Waals surface area contributed by atoms with Gasteiger partial charge in [-0.05, 0) is 50.6 Å². The van der Waals surface area contributed by atoms with Crippen molar-refractivity contribution in [2.75, 3.05) is 5.32 Å². The molecule has 0 aliphatic rings. The summed E-state index contributed by atoms with van der Waals surface area (Å²) in [5.41, 5.74) is 2.49. The second kappa shape index (κ2) is 7.30. The maximum absolute atomic E-state index is 13.2. The maximum Gasteiger partial charge on any atom is 0.211 e. The largest absolute Gasteiger partial charge is 0.475 e. The normalized spacial score (nSPS) is 12.5. The van der Waals surface area contributed by atoms with Crippen LogP contribution in [0.15, 0.2) is 48.8 Å². The van der Waals surface area contributed by atoms with Crippen molar-refractivity contribution < 1.29 is 9.13 Å². The average Bonchev–Trinajstić information content (AvgIpc) is 3.28. The van der Waals surface area contributed by atoms with Crippen LogP contribution in [0.2, 0.25) is 0 Å². The van der Waals surface area contributed by atoms with Gasteiger partial charge in [0.15, 0.2) is 11.5 Å². The number of nitrogens with one attached hydrogen (secondary N) is 2. The zero-order valence-electron chi connectivity index (χ0n) is 15.8. The van der Waals surface area contributed by atoms with Crippen molar-refractivity contribution in [3.8, 4) is 5.88 Å². The Balaban J connectivity index is 1.60. The number of ether oxygens (including phenoxy) is 1. The zero-order chi connectivity index (χ0) is 19.7. The Kier molecular flexibility index (Phi) is 4.68. The average molecular weight is 380 g/mol. The maximum atomic E-state index is 13.2. The summed E-state index contributed by atoms with van der Waals surface area (Å²) in [4.78, 5) is 9.11. The third-order valence-electron chi connectivity index (χ3n) is 4.36. The quantitative estimate of drug-likeness (QED) is 0.517. The zero-order valence-corrected chi connectivity index (χ0v) is 15.8. The molecule has 3 aromatic heterocycles. The molecule has 0 spiro atoms. The first-order valence-electron chi connectivity index (χ1n) is 9.08. The third kappa shape index (κ3) is 3.66. The lowest BCUT2D eigenvalue weighted by atomic mass is 10.1. The fourth-order valence-corrected chi connectivity index (χ4v) is 2.98. The number of H-pyrrole nitrogens is 1. The molecule has 0 aliphatic heterocycles. The van der Waals surface area contributed by atoms with Crippen LogP contribution in [-0.2, 0) is 0 Å². The molecular weight excluding hydrogens is 359 g/mol. The second-order valence-corrected chi connectivity index (χ2v) is 6.83. The lowest BCUT2D eigenvalue weighted by molar-refractivity contribution is 0.232. The van der Waals surface area contributed by atoms with E-state index in [1.165, 1.54) is 12.1 Å². The predicted molar refractivity (Wildman–Crippen MR) is 105 cm³/mol. The van der Waals surface area contributed by atoms with Crippen LogP contribution in [0.3, 0.4) is 0 Å². The Morgan fingerprint density at radius 1 is 1.07 bits per heavy atom. The fraction of sp³-hybridized carbons (Fsp3) is 0.250. The molecule has 4 rings (SSSR count). The van der Waals surface area contributed by atoms with Crippen LogP contribution in [0, 0.1) is 5.82 Å². The van der Waals surface area contributed by atoms with E-state index in [2.05, 4.69) is 25.5 Å². The van der Waals surface area contributed by atoms with E-state index in [1.54, 1.807) is 24.5 Å². The molecule has 0 fully saturated rings. The van der Waals surface area contributed by atoms with E-state index in [0.717, 1.165) is 16.7 Å². The summed E-state index contributed by atoms with van der Waals surface area (Å²) in [5.74, 6) is 1.59. The molecule has 2 N–H and O–H groups in total. The first-order valence-corrected chi connectivity index (χ1v) is 9.08. The molecule has 8 heteroatoms. The number of fused-ring (bicyclic) bond motifs is 1. The van der Waals surface area contributed by atoms with Gasteiger partial charge in [0.1, 0.15) is 17.2 Å². The van der Waals surface area contributed by atoms with Gasteiger partial charge in [0.05, 0.1) is 18.5 Å². The summed E-state index contributed by atoms with van der Waals surface area (Å²) in [6, 6.07) is 12.0. The molecule has 0 aliphatic carbocycles. The highest BCUT2D eigenvalue weighted by Gasteiger charge is 2.14. The minimum Gasteiger partial charge on any atom is -0.475 e. The standard InChI is InChI=1S/C20H21FN6O/c1-12(2)28-19-10-18(25-26-19)23-17-9-8-16-20(24-17)27(11-22-16)13(3)14-4-6-15(21)7-5-14/h4-13H,1-3H3,(H2,23,24,25,26). The van der Waals surface area contributed by atoms with Gasteiger partial charge in [-0.2, -0.15) is 5.10 Å². The van der Waals surface area contributed by atoms with Gasteiger partial charge in [-0.3, -0.25) is 0 Å². The molecule has 1 unspecified atom stereocenters. The monoisotopic (exact) mass is 380 g/mol. The Morgan fingerprint density at radius 3 is 2.61 bits per heavy atom. The molecule has 0 bridgehead atoms. The first kappa shape index (κ1) is 18.0. The first-order chi connectivity index (χ1) is 13.5. The highest BCUT2D eigenvalue weighted by atomic mass is 19.1. The number of nitrogens with zero attached hydrogens (tertiary/aromatic N) is 4. The number of hydrogen-bond donors (Lipinski definition) is 2. The smallest absolute Gasteiger partial charge is 0.211 e. The van der Waals surface area contributed by atoms with Gasteiger partial charge in [-0.25, -0.2) is 19.5 Å². The summed E-state index contributed by atoms with van der Waals surface area (Å²) < 4.78 is 20.8. The Hall–Kier alpha value is -3.42. The molecule has 28 heavy (non-hydrogen) atoms. The SMILES string of the molecule is CC(C)Oc1cc(Nc2ccc3ncn(C(C)c4ccc(F)cc4)c3n2)n[nH]1. The van der Waals surface area contributed by atoms with E-state index in [4.69, 9.17) is 4.74 Å². The van der Waals surface area contributed by atoms with Crippen molar-refractivity contribution >= 4 is 22.8 Å².